The van der Waals surface area contributed by atoms with Gasteiger partial charge in [0.05, 0.1) is 7.11 Å². The Kier molecular flexibility index (Phi) is 2.28. The van der Waals surface area contributed by atoms with Crippen molar-refractivity contribution in [2.75, 3.05) is 7.11 Å². The molecule has 2 rings (SSSR count). The zero-order chi connectivity index (χ0) is 9.97. The van der Waals surface area contributed by atoms with E-state index in [0.717, 1.165) is 24.2 Å². The number of fused-ring (bicyclic) bond motifs is 1. The van der Waals surface area contributed by atoms with Crippen molar-refractivity contribution in [1.82, 2.24) is 0 Å². The fourth-order valence-corrected chi connectivity index (χ4v) is 1.79. The summed E-state index contributed by atoms with van der Waals surface area (Å²) in [5, 5.41) is 0. The van der Waals surface area contributed by atoms with Gasteiger partial charge in [0.2, 0.25) is 0 Å². The molecular weight excluding hydrogens is 172 g/mol. The molecule has 0 radical (unpaired) electrons. The topological polar surface area (TPSA) is 9.23 Å². The minimum atomic E-state index is 0.905. The number of rotatable bonds is 1. The van der Waals surface area contributed by atoms with Crippen molar-refractivity contribution >= 4 is 5.57 Å². The van der Waals surface area contributed by atoms with E-state index >= 15 is 0 Å². The van der Waals surface area contributed by atoms with Gasteiger partial charge < -0.3 is 4.74 Å². The summed E-state index contributed by atoms with van der Waals surface area (Å²) in [4.78, 5) is 0. The number of terminal acetylenes is 1. The van der Waals surface area contributed by atoms with E-state index in [0.29, 0.717) is 0 Å². The van der Waals surface area contributed by atoms with Crippen LogP contribution in [0.4, 0.5) is 0 Å². The van der Waals surface area contributed by atoms with Gasteiger partial charge in [0.1, 0.15) is 5.75 Å². The highest BCUT2D eigenvalue weighted by atomic mass is 16.5. The van der Waals surface area contributed by atoms with Crippen LogP contribution in [0.2, 0.25) is 0 Å². The van der Waals surface area contributed by atoms with Gasteiger partial charge in [0, 0.05) is 5.57 Å². The maximum Gasteiger partial charge on any atom is 0.119 e. The number of hydrogen-bond donors (Lipinski definition) is 0. The maximum absolute atomic E-state index is 5.44. The number of ether oxygens (including phenoxy) is 1. The lowest BCUT2D eigenvalue weighted by Crippen LogP contribution is -1.99. The summed E-state index contributed by atoms with van der Waals surface area (Å²) < 4.78 is 5.18. The van der Waals surface area contributed by atoms with Crippen LogP contribution in [-0.2, 0) is 6.42 Å². The van der Waals surface area contributed by atoms with Crippen molar-refractivity contribution in [2.24, 2.45) is 0 Å². The largest absolute Gasteiger partial charge is 0.497 e. The normalized spacial score (nSPS) is 13.9. The molecule has 0 amide bonds. The van der Waals surface area contributed by atoms with Crippen LogP contribution in [0.3, 0.4) is 0 Å². The Morgan fingerprint density at radius 3 is 3.00 bits per heavy atom. The Hall–Kier alpha value is -1.68. The minimum absolute atomic E-state index is 0.905. The lowest BCUT2D eigenvalue weighted by Gasteiger charge is -2.14. The van der Waals surface area contributed by atoms with Crippen molar-refractivity contribution < 1.29 is 4.74 Å². The standard InChI is InChI=1S/C13H12O/c1-3-10-5-4-6-11-9-12(14-2)7-8-13(10)11/h1,5,7-9H,4,6H2,2H3. The first-order valence-corrected chi connectivity index (χ1v) is 4.69. The summed E-state index contributed by atoms with van der Waals surface area (Å²) in [6.07, 6.45) is 9.64. The Morgan fingerprint density at radius 2 is 2.29 bits per heavy atom. The number of hydrogen-bond acceptors (Lipinski definition) is 1. The summed E-state index contributed by atoms with van der Waals surface area (Å²) in [7, 11) is 1.68. The van der Waals surface area contributed by atoms with Gasteiger partial charge >= 0.3 is 0 Å². The highest BCUT2D eigenvalue weighted by Crippen LogP contribution is 2.28. The van der Waals surface area contributed by atoms with Crippen LogP contribution in [0.25, 0.3) is 5.57 Å². The first-order valence-electron chi connectivity index (χ1n) is 4.69. The minimum Gasteiger partial charge on any atom is -0.497 e. The molecule has 0 bridgehead atoms. The zero-order valence-corrected chi connectivity index (χ0v) is 8.21. The SMILES string of the molecule is C#CC1=CCCc2cc(OC)ccc21. The molecule has 0 heterocycles. The second-order valence-electron chi connectivity index (χ2n) is 3.32. The Morgan fingerprint density at radius 1 is 1.43 bits per heavy atom. The molecule has 0 aliphatic heterocycles. The Balaban J connectivity index is 2.50. The Bertz CT molecular complexity index is 421. The molecule has 0 saturated carbocycles. The first kappa shape index (κ1) is 8.90. The van der Waals surface area contributed by atoms with Crippen LogP contribution >= 0.6 is 0 Å². The van der Waals surface area contributed by atoms with Gasteiger partial charge in [-0.25, -0.2) is 0 Å². The smallest absolute Gasteiger partial charge is 0.119 e. The summed E-state index contributed by atoms with van der Waals surface area (Å²) in [5.74, 6) is 3.62. The predicted molar refractivity (Wildman–Crippen MR) is 58.1 cm³/mol. The second kappa shape index (κ2) is 3.59. The molecule has 70 valence electrons. The lowest BCUT2D eigenvalue weighted by molar-refractivity contribution is 0.414. The molecule has 0 spiro atoms. The molecule has 1 aromatic carbocycles. The van der Waals surface area contributed by atoms with Crippen LogP contribution in [-0.4, -0.2) is 7.11 Å². The van der Waals surface area contributed by atoms with Crippen LogP contribution in [0.1, 0.15) is 17.5 Å². The third-order valence-corrected chi connectivity index (χ3v) is 2.52. The molecule has 1 aliphatic rings. The molecule has 0 unspecified atom stereocenters. The van der Waals surface area contributed by atoms with Crippen molar-refractivity contribution in [3.8, 4) is 18.1 Å². The second-order valence-corrected chi connectivity index (χ2v) is 3.32. The van der Waals surface area contributed by atoms with E-state index in [-0.39, 0.29) is 0 Å². The number of methoxy groups -OCH3 is 1. The van der Waals surface area contributed by atoms with Gasteiger partial charge in [0.25, 0.3) is 0 Å². The van der Waals surface area contributed by atoms with E-state index in [9.17, 15) is 0 Å². The van der Waals surface area contributed by atoms with Crippen molar-refractivity contribution in [3.05, 3.63) is 35.4 Å². The fraction of sp³-hybridized carbons (Fsp3) is 0.231. The van der Waals surface area contributed by atoms with E-state index in [2.05, 4.69) is 18.1 Å². The number of benzene rings is 1. The average Bonchev–Trinajstić information content (AvgIpc) is 2.27. The van der Waals surface area contributed by atoms with E-state index < -0.39 is 0 Å². The fourth-order valence-electron chi connectivity index (χ4n) is 1.79. The third-order valence-electron chi connectivity index (χ3n) is 2.52. The van der Waals surface area contributed by atoms with Crippen LogP contribution in [0, 0.1) is 12.3 Å². The molecular formula is C13H12O. The predicted octanol–water partition coefficient (Wildman–Crippen LogP) is 2.66. The van der Waals surface area contributed by atoms with Crippen molar-refractivity contribution in [1.29, 1.82) is 0 Å². The quantitative estimate of drug-likeness (QED) is 0.610. The number of allylic oxidation sites excluding steroid dienone is 2. The van der Waals surface area contributed by atoms with Crippen LogP contribution in [0.15, 0.2) is 24.3 Å². The van der Waals surface area contributed by atoms with Gasteiger partial charge in [-0.2, -0.15) is 0 Å². The third kappa shape index (κ3) is 1.40. The molecule has 0 N–H and O–H groups in total. The van der Waals surface area contributed by atoms with Gasteiger partial charge in [-0.15, -0.1) is 6.42 Å². The summed E-state index contributed by atoms with van der Waals surface area (Å²) in [6.45, 7) is 0. The van der Waals surface area contributed by atoms with E-state index in [1.165, 1.54) is 11.1 Å². The first-order chi connectivity index (χ1) is 6.85. The van der Waals surface area contributed by atoms with Crippen LogP contribution in [0.5, 0.6) is 5.75 Å². The summed E-state index contributed by atoms with van der Waals surface area (Å²) in [6, 6.07) is 6.06. The average molecular weight is 184 g/mol. The molecule has 0 aromatic heterocycles. The molecule has 1 aromatic rings. The van der Waals surface area contributed by atoms with Crippen molar-refractivity contribution in [2.45, 2.75) is 12.8 Å². The molecule has 14 heavy (non-hydrogen) atoms. The molecule has 1 aliphatic carbocycles. The number of aryl methyl sites for hydroxylation is 1. The Labute approximate surface area is 84.4 Å². The molecule has 1 nitrogen and oxygen atoms in total. The summed E-state index contributed by atoms with van der Waals surface area (Å²) >= 11 is 0. The van der Waals surface area contributed by atoms with E-state index in [1.807, 2.05) is 12.1 Å². The highest BCUT2D eigenvalue weighted by Gasteiger charge is 2.11. The lowest BCUT2D eigenvalue weighted by atomic mass is 9.91. The summed E-state index contributed by atoms with van der Waals surface area (Å²) in [5.41, 5.74) is 3.48. The van der Waals surface area contributed by atoms with Crippen molar-refractivity contribution in [3.63, 3.8) is 0 Å². The molecule has 1 heteroatoms. The van der Waals surface area contributed by atoms with E-state index in [1.54, 1.807) is 7.11 Å². The highest BCUT2D eigenvalue weighted by molar-refractivity contribution is 5.81. The molecule has 0 fully saturated rings. The van der Waals surface area contributed by atoms with Gasteiger partial charge in [-0.3, -0.25) is 0 Å². The van der Waals surface area contributed by atoms with Crippen LogP contribution < -0.4 is 4.74 Å². The monoisotopic (exact) mass is 184 g/mol. The van der Waals surface area contributed by atoms with E-state index in [4.69, 9.17) is 11.2 Å². The maximum atomic E-state index is 5.44. The van der Waals surface area contributed by atoms with Gasteiger partial charge in [0.15, 0.2) is 0 Å². The van der Waals surface area contributed by atoms with Gasteiger partial charge in [-0.05, 0) is 42.2 Å². The molecule has 0 saturated heterocycles. The molecule has 0 atom stereocenters. The zero-order valence-electron chi connectivity index (χ0n) is 8.21. The van der Waals surface area contributed by atoms with Gasteiger partial charge in [-0.1, -0.05) is 12.0 Å².